The maximum absolute atomic E-state index is 12.8. The zero-order valence-corrected chi connectivity index (χ0v) is 17.5. The summed E-state index contributed by atoms with van der Waals surface area (Å²) in [6, 6.07) is 12.1. The van der Waals surface area contributed by atoms with Crippen LogP contribution in [0.4, 0.5) is 0 Å². The fourth-order valence-corrected chi connectivity index (χ4v) is 2.94. The van der Waals surface area contributed by atoms with Gasteiger partial charge in [0.1, 0.15) is 0 Å². The second-order valence-corrected chi connectivity index (χ2v) is 6.86. The number of ether oxygens (including phenoxy) is 3. The smallest absolute Gasteiger partial charge is 0.307 e. The van der Waals surface area contributed by atoms with Gasteiger partial charge in [0.15, 0.2) is 11.5 Å². The van der Waals surface area contributed by atoms with E-state index in [1.54, 1.807) is 37.4 Å². The first-order chi connectivity index (χ1) is 13.9. The summed E-state index contributed by atoms with van der Waals surface area (Å²) in [5, 5.41) is 2.92. The molecule has 0 heterocycles. The molecule has 0 saturated heterocycles. The lowest BCUT2D eigenvalue weighted by Crippen LogP contribution is -2.30. The van der Waals surface area contributed by atoms with Crippen molar-refractivity contribution in [2.75, 3.05) is 35.4 Å². The van der Waals surface area contributed by atoms with Crippen molar-refractivity contribution in [3.8, 4) is 11.5 Å². The van der Waals surface area contributed by atoms with Crippen LogP contribution in [0.5, 0.6) is 11.5 Å². The summed E-state index contributed by atoms with van der Waals surface area (Å²) in [7, 11) is 8.37. The first-order valence-electron chi connectivity index (χ1n) is 9.21. The van der Waals surface area contributed by atoms with E-state index in [0.717, 1.165) is 12.1 Å². The van der Waals surface area contributed by atoms with E-state index in [2.05, 4.69) is 10.2 Å². The molecule has 7 heteroatoms. The zero-order chi connectivity index (χ0) is 21.4. The van der Waals surface area contributed by atoms with Crippen molar-refractivity contribution in [1.29, 1.82) is 0 Å². The van der Waals surface area contributed by atoms with Crippen LogP contribution in [0.15, 0.2) is 42.5 Å². The van der Waals surface area contributed by atoms with E-state index >= 15 is 0 Å². The summed E-state index contributed by atoms with van der Waals surface area (Å²) in [5.74, 6) is 0.384. The summed E-state index contributed by atoms with van der Waals surface area (Å²) in [6.45, 7) is 0.790. The molecule has 1 N–H and O–H groups in total. The molecule has 0 bridgehead atoms. The predicted octanol–water partition coefficient (Wildman–Crippen LogP) is 2.80. The van der Waals surface area contributed by atoms with Gasteiger partial charge in [0.2, 0.25) is 0 Å². The van der Waals surface area contributed by atoms with Crippen molar-refractivity contribution < 1.29 is 23.8 Å². The number of nitrogens with one attached hydrogen (secondary N) is 1. The van der Waals surface area contributed by atoms with Crippen molar-refractivity contribution in [2.24, 2.45) is 0 Å². The van der Waals surface area contributed by atoms with Gasteiger partial charge in [0.05, 0.1) is 33.8 Å². The molecule has 0 aliphatic carbocycles. The lowest BCUT2D eigenvalue weighted by atomic mass is 10.0. The molecule has 156 valence electrons. The molecule has 1 atom stereocenters. The summed E-state index contributed by atoms with van der Waals surface area (Å²) in [6.07, 6.45) is -0.00354. The standard InChI is InChI=1S/C22H28N2O5/c1-24(2)14-15-6-8-16(9-7-15)22(26)23-18(13-21(25)29-5)17-10-11-19(27-3)20(12-17)28-4/h6-12,18H,13-14H2,1-5H3,(H,23,26). The normalized spacial score (nSPS) is 11.7. The highest BCUT2D eigenvalue weighted by atomic mass is 16.5. The van der Waals surface area contributed by atoms with Crippen molar-refractivity contribution in [2.45, 2.75) is 19.0 Å². The molecular formula is C22H28N2O5. The van der Waals surface area contributed by atoms with E-state index in [0.29, 0.717) is 22.6 Å². The Bertz CT molecular complexity index is 834. The fourth-order valence-electron chi connectivity index (χ4n) is 2.94. The molecular weight excluding hydrogens is 372 g/mol. The van der Waals surface area contributed by atoms with E-state index in [1.165, 1.54) is 14.2 Å². The molecule has 0 radical (unpaired) electrons. The number of hydrogen-bond donors (Lipinski definition) is 1. The minimum atomic E-state index is -0.573. The minimum Gasteiger partial charge on any atom is -0.493 e. The maximum atomic E-state index is 12.8. The van der Waals surface area contributed by atoms with E-state index in [1.807, 2.05) is 26.2 Å². The van der Waals surface area contributed by atoms with Gasteiger partial charge in [-0.1, -0.05) is 18.2 Å². The molecule has 2 rings (SSSR count). The average molecular weight is 400 g/mol. The lowest BCUT2D eigenvalue weighted by Gasteiger charge is -2.20. The van der Waals surface area contributed by atoms with Crippen LogP contribution >= 0.6 is 0 Å². The molecule has 0 aromatic heterocycles. The zero-order valence-electron chi connectivity index (χ0n) is 17.5. The van der Waals surface area contributed by atoms with E-state index in [-0.39, 0.29) is 12.3 Å². The molecule has 0 aliphatic rings. The molecule has 29 heavy (non-hydrogen) atoms. The summed E-state index contributed by atoms with van der Waals surface area (Å²) >= 11 is 0. The van der Waals surface area contributed by atoms with Gasteiger partial charge in [-0.05, 0) is 49.5 Å². The van der Waals surface area contributed by atoms with Crippen LogP contribution in [-0.2, 0) is 16.1 Å². The molecule has 0 spiro atoms. The van der Waals surface area contributed by atoms with Crippen LogP contribution in [0.25, 0.3) is 0 Å². The second kappa shape index (κ2) is 10.5. The van der Waals surface area contributed by atoms with Crippen molar-refractivity contribution in [1.82, 2.24) is 10.2 Å². The Morgan fingerprint density at radius 3 is 2.17 bits per heavy atom. The van der Waals surface area contributed by atoms with Crippen LogP contribution in [-0.4, -0.2) is 52.2 Å². The number of esters is 1. The minimum absolute atomic E-state index is 0.00354. The van der Waals surface area contributed by atoms with Gasteiger partial charge in [-0.15, -0.1) is 0 Å². The Morgan fingerprint density at radius 1 is 0.966 bits per heavy atom. The summed E-state index contributed by atoms with van der Waals surface area (Å²) in [5.41, 5.74) is 2.34. The number of hydrogen-bond acceptors (Lipinski definition) is 6. The topological polar surface area (TPSA) is 77.1 Å². The largest absolute Gasteiger partial charge is 0.493 e. The van der Waals surface area contributed by atoms with Gasteiger partial charge in [-0.2, -0.15) is 0 Å². The number of methoxy groups -OCH3 is 3. The van der Waals surface area contributed by atoms with Gasteiger partial charge in [0, 0.05) is 12.1 Å². The van der Waals surface area contributed by atoms with Gasteiger partial charge >= 0.3 is 5.97 Å². The van der Waals surface area contributed by atoms with Gasteiger partial charge in [0.25, 0.3) is 5.91 Å². The van der Waals surface area contributed by atoms with Crippen molar-refractivity contribution >= 4 is 11.9 Å². The molecule has 0 saturated carbocycles. The van der Waals surface area contributed by atoms with Gasteiger partial charge in [-0.25, -0.2) is 0 Å². The molecule has 0 aliphatic heterocycles. The average Bonchev–Trinajstić information content (AvgIpc) is 2.72. The lowest BCUT2D eigenvalue weighted by molar-refractivity contribution is -0.141. The SMILES string of the molecule is COC(=O)CC(NC(=O)c1ccc(CN(C)C)cc1)c1ccc(OC)c(OC)c1. The molecule has 1 unspecified atom stereocenters. The number of carbonyl (C=O) groups excluding carboxylic acids is 2. The fraction of sp³-hybridized carbons (Fsp3) is 0.364. The molecule has 2 aromatic rings. The first kappa shape index (κ1) is 22.2. The van der Waals surface area contributed by atoms with E-state index < -0.39 is 12.0 Å². The summed E-state index contributed by atoms with van der Waals surface area (Å²) < 4.78 is 15.4. The van der Waals surface area contributed by atoms with Crippen molar-refractivity contribution in [3.05, 3.63) is 59.2 Å². The highest BCUT2D eigenvalue weighted by Crippen LogP contribution is 2.31. The monoisotopic (exact) mass is 400 g/mol. The quantitative estimate of drug-likeness (QED) is 0.653. The molecule has 2 aromatic carbocycles. The summed E-state index contributed by atoms with van der Waals surface area (Å²) in [4.78, 5) is 26.7. The van der Waals surface area contributed by atoms with Gasteiger partial charge in [-0.3, -0.25) is 9.59 Å². The predicted molar refractivity (Wildman–Crippen MR) is 110 cm³/mol. The van der Waals surface area contributed by atoms with Crippen LogP contribution in [0.2, 0.25) is 0 Å². The Balaban J connectivity index is 2.24. The van der Waals surface area contributed by atoms with Crippen LogP contribution < -0.4 is 14.8 Å². The van der Waals surface area contributed by atoms with Crippen LogP contribution in [0.1, 0.15) is 33.9 Å². The van der Waals surface area contributed by atoms with Gasteiger partial charge < -0.3 is 24.4 Å². The number of nitrogens with zero attached hydrogens (tertiary/aromatic N) is 1. The third kappa shape index (κ3) is 6.22. The van der Waals surface area contributed by atoms with E-state index in [4.69, 9.17) is 14.2 Å². The molecule has 0 fully saturated rings. The third-order valence-electron chi connectivity index (χ3n) is 4.43. The maximum Gasteiger partial charge on any atom is 0.307 e. The first-order valence-corrected chi connectivity index (χ1v) is 9.21. The highest BCUT2D eigenvalue weighted by molar-refractivity contribution is 5.94. The number of amides is 1. The van der Waals surface area contributed by atoms with Crippen molar-refractivity contribution in [3.63, 3.8) is 0 Å². The third-order valence-corrected chi connectivity index (χ3v) is 4.43. The highest BCUT2D eigenvalue weighted by Gasteiger charge is 2.21. The Labute approximate surface area is 171 Å². The second-order valence-electron chi connectivity index (χ2n) is 6.86. The Hall–Kier alpha value is -3.06. The Morgan fingerprint density at radius 2 is 1.62 bits per heavy atom. The Kier molecular flexibility index (Phi) is 8.03. The number of carbonyl (C=O) groups is 2. The molecule has 7 nitrogen and oxygen atoms in total. The van der Waals surface area contributed by atoms with Crippen LogP contribution in [0, 0.1) is 0 Å². The molecule has 1 amide bonds. The van der Waals surface area contributed by atoms with E-state index in [9.17, 15) is 9.59 Å². The number of rotatable bonds is 9. The number of benzene rings is 2. The van der Waals surface area contributed by atoms with Crippen LogP contribution in [0.3, 0.4) is 0 Å².